The Morgan fingerprint density at radius 1 is 1.33 bits per heavy atom. The van der Waals surface area contributed by atoms with E-state index in [-0.39, 0.29) is 5.91 Å². The Labute approximate surface area is 110 Å². The van der Waals surface area contributed by atoms with Crippen molar-refractivity contribution in [2.45, 2.75) is 50.5 Å². The van der Waals surface area contributed by atoms with Gasteiger partial charge in [-0.15, -0.1) is 0 Å². The van der Waals surface area contributed by atoms with Gasteiger partial charge >= 0.3 is 0 Å². The van der Waals surface area contributed by atoms with Crippen molar-refractivity contribution in [3.63, 3.8) is 0 Å². The second kappa shape index (κ2) is 6.02. The summed E-state index contributed by atoms with van der Waals surface area (Å²) in [5.41, 5.74) is -1.06. The average Bonchev–Trinajstić information content (AvgIpc) is 2.80. The molecule has 1 aliphatic carbocycles. The van der Waals surface area contributed by atoms with Gasteiger partial charge in [0.15, 0.2) is 0 Å². The van der Waals surface area contributed by atoms with E-state index in [9.17, 15) is 9.90 Å². The molecule has 2 rings (SSSR count). The molecule has 0 atom stereocenters. The van der Waals surface area contributed by atoms with Crippen LogP contribution < -0.4 is 5.32 Å². The minimum Gasteiger partial charge on any atom is -0.380 e. The largest absolute Gasteiger partial charge is 0.380 e. The molecular formula is C14H26N2O2. The molecule has 0 aromatic rings. The molecule has 1 amide bonds. The van der Waals surface area contributed by atoms with Gasteiger partial charge in [-0.05, 0) is 71.0 Å². The number of hydrogen-bond donors (Lipinski definition) is 2. The second-order valence-electron chi connectivity index (χ2n) is 6.03. The third kappa shape index (κ3) is 3.45. The summed E-state index contributed by atoms with van der Waals surface area (Å²) < 4.78 is 0. The van der Waals surface area contributed by atoms with Crippen LogP contribution in [0.4, 0.5) is 0 Å². The van der Waals surface area contributed by atoms with Crippen LogP contribution in [0.3, 0.4) is 0 Å². The molecule has 4 nitrogen and oxygen atoms in total. The van der Waals surface area contributed by atoms with Gasteiger partial charge in [0.1, 0.15) is 5.60 Å². The van der Waals surface area contributed by atoms with Gasteiger partial charge in [-0.1, -0.05) is 0 Å². The maximum absolute atomic E-state index is 11.9. The van der Waals surface area contributed by atoms with Gasteiger partial charge in [-0.3, -0.25) is 4.79 Å². The number of carbonyl (C=O) groups excluding carboxylic acids is 1. The second-order valence-corrected chi connectivity index (χ2v) is 6.03. The maximum Gasteiger partial charge on any atom is 0.251 e. The molecular weight excluding hydrogens is 228 g/mol. The molecule has 104 valence electrons. The normalized spacial score (nSPS) is 25.2. The highest BCUT2D eigenvalue weighted by Crippen LogP contribution is 2.29. The van der Waals surface area contributed by atoms with Gasteiger partial charge < -0.3 is 15.3 Å². The first-order chi connectivity index (χ1) is 8.60. The number of rotatable bonds is 4. The Morgan fingerprint density at radius 3 is 2.56 bits per heavy atom. The number of carbonyl (C=O) groups is 1. The van der Waals surface area contributed by atoms with Crippen LogP contribution in [-0.4, -0.2) is 48.2 Å². The molecule has 0 unspecified atom stereocenters. The van der Waals surface area contributed by atoms with E-state index >= 15 is 0 Å². The number of nitrogens with one attached hydrogen (secondary N) is 1. The van der Waals surface area contributed by atoms with E-state index in [1.807, 2.05) is 0 Å². The summed E-state index contributed by atoms with van der Waals surface area (Å²) in [7, 11) is 2.16. The average molecular weight is 254 g/mol. The molecule has 2 fully saturated rings. The van der Waals surface area contributed by atoms with Crippen LogP contribution in [0.1, 0.15) is 44.9 Å². The Morgan fingerprint density at radius 2 is 1.94 bits per heavy atom. The lowest BCUT2D eigenvalue weighted by Gasteiger charge is -2.29. The standard InChI is InChI=1S/C14H26N2O2/c1-16-10-5-12(6-11-16)4-9-15-13(17)14(18)7-2-3-8-14/h12,18H,2-11H2,1H3,(H,15,17). The number of likely N-dealkylation sites (tertiary alicyclic amines) is 1. The predicted octanol–water partition coefficient (Wildman–Crippen LogP) is 1.14. The van der Waals surface area contributed by atoms with Crippen molar-refractivity contribution in [3.8, 4) is 0 Å². The SMILES string of the molecule is CN1CCC(CCNC(=O)C2(O)CCCC2)CC1. The van der Waals surface area contributed by atoms with E-state index < -0.39 is 5.60 Å². The zero-order valence-corrected chi connectivity index (χ0v) is 11.5. The van der Waals surface area contributed by atoms with Gasteiger partial charge in [-0.2, -0.15) is 0 Å². The molecule has 1 saturated heterocycles. The Hall–Kier alpha value is -0.610. The zero-order chi connectivity index (χ0) is 13.0. The zero-order valence-electron chi connectivity index (χ0n) is 11.5. The Balaban J connectivity index is 1.64. The first-order valence-electron chi connectivity index (χ1n) is 7.29. The van der Waals surface area contributed by atoms with E-state index in [1.54, 1.807) is 0 Å². The molecule has 1 saturated carbocycles. The molecule has 18 heavy (non-hydrogen) atoms. The summed E-state index contributed by atoms with van der Waals surface area (Å²) in [4.78, 5) is 14.2. The van der Waals surface area contributed by atoms with Crippen LogP contribution in [0.25, 0.3) is 0 Å². The minimum absolute atomic E-state index is 0.145. The molecule has 2 N–H and O–H groups in total. The molecule has 1 aliphatic heterocycles. The van der Waals surface area contributed by atoms with Gasteiger partial charge in [0.05, 0.1) is 0 Å². The molecule has 2 aliphatic rings. The molecule has 0 radical (unpaired) electrons. The van der Waals surface area contributed by atoms with Crippen molar-refractivity contribution in [1.29, 1.82) is 0 Å². The highest BCUT2D eigenvalue weighted by Gasteiger charge is 2.38. The van der Waals surface area contributed by atoms with Gasteiger partial charge in [0, 0.05) is 6.54 Å². The maximum atomic E-state index is 11.9. The van der Waals surface area contributed by atoms with E-state index in [0.717, 1.165) is 31.7 Å². The van der Waals surface area contributed by atoms with E-state index in [4.69, 9.17) is 0 Å². The lowest BCUT2D eigenvalue weighted by Crippen LogP contribution is -2.45. The molecule has 0 aromatic carbocycles. The van der Waals surface area contributed by atoms with Crippen LogP contribution in [0.5, 0.6) is 0 Å². The van der Waals surface area contributed by atoms with Gasteiger partial charge in [-0.25, -0.2) is 0 Å². The topological polar surface area (TPSA) is 52.6 Å². The fourth-order valence-corrected chi connectivity index (χ4v) is 3.09. The summed E-state index contributed by atoms with van der Waals surface area (Å²) in [6, 6.07) is 0. The number of nitrogens with zero attached hydrogens (tertiary/aromatic N) is 1. The van der Waals surface area contributed by atoms with Gasteiger partial charge in [0.2, 0.25) is 0 Å². The van der Waals surface area contributed by atoms with Gasteiger partial charge in [0.25, 0.3) is 5.91 Å². The van der Waals surface area contributed by atoms with Crippen LogP contribution in [0.15, 0.2) is 0 Å². The molecule has 0 bridgehead atoms. The van der Waals surface area contributed by atoms with Crippen molar-refractivity contribution in [1.82, 2.24) is 10.2 Å². The fourth-order valence-electron chi connectivity index (χ4n) is 3.09. The van der Waals surface area contributed by atoms with Crippen molar-refractivity contribution in [2.24, 2.45) is 5.92 Å². The quantitative estimate of drug-likeness (QED) is 0.791. The molecule has 0 spiro atoms. The number of piperidine rings is 1. The lowest BCUT2D eigenvalue weighted by molar-refractivity contribution is -0.139. The van der Waals surface area contributed by atoms with Crippen molar-refractivity contribution < 1.29 is 9.90 Å². The van der Waals surface area contributed by atoms with E-state index in [2.05, 4.69) is 17.3 Å². The number of hydrogen-bond acceptors (Lipinski definition) is 3. The molecule has 0 aromatic heterocycles. The van der Waals surface area contributed by atoms with Crippen LogP contribution in [0, 0.1) is 5.92 Å². The van der Waals surface area contributed by atoms with Crippen LogP contribution in [0.2, 0.25) is 0 Å². The summed E-state index contributed by atoms with van der Waals surface area (Å²) in [5.74, 6) is 0.590. The van der Waals surface area contributed by atoms with Crippen molar-refractivity contribution >= 4 is 5.91 Å². The number of aliphatic hydroxyl groups is 1. The monoisotopic (exact) mass is 254 g/mol. The summed E-state index contributed by atoms with van der Waals surface area (Å²) in [6.45, 7) is 3.06. The lowest BCUT2D eigenvalue weighted by atomic mass is 9.93. The first kappa shape index (κ1) is 13.8. The third-order valence-corrected chi connectivity index (χ3v) is 4.53. The Kier molecular flexibility index (Phi) is 4.62. The molecule has 1 heterocycles. The highest BCUT2D eigenvalue weighted by atomic mass is 16.3. The van der Waals surface area contributed by atoms with E-state index in [0.29, 0.717) is 12.8 Å². The summed E-state index contributed by atoms with van der Waals surface area (Å²) >= 11 is 0. The van der Waals surface area contributed by atoms with E-state index in [1.165, 1.54) is 25.9 Å². The van der Waals surface area contributed by atoms with Crippen LogP contribution in [-0.2, 0) is 4.79 Å². The van der Waals surface area contributed by atoms with Crippen molar-refractivity contribution in [3.05, 3.63) is 0 Å². The summed E-state index contributed by atoms with van der Waals surface area (Å²) in [6.07, 6.45) is 6.72. The third-order valence-electron chi connectivity index (χ3n) is 4.53. The highest BCUT2D eigenvalue weighted by molar-refractivity contribution is 5.85. The Bertz CT molecular complexity index is 280. The fraction of sp³-hybridized carbons (Fsp3) is 0.929. The minimum atomic E-state index is -1.06. The van der Waals surface area contributed by atoms with Crippen LogP contribution >= 0.6 is 0 Å². The smallest absolute Gasteiger partial charge is 0.251 e. The first-order valence-corrected chi connectivity index (χ1v) is 7.29. The summed E-state index contributed by atoms with van der Waals surface area (Å²) in [5, 5.41) is 13.0. The molecule has 4 heteroatoms. The van der Waals surface area contributed by atoms with Crippen molar-refractivity contribution in [2.75, 3.05) is 26.7 Å². The predicted molar refractivity (Wildman–Crippen MR) is 71.3 cm³/mol. The number of amides is 1.